The summed E-state index contributed by atoms with van der Waals surface area (Å²) in [4.78, 5) is 9.36. The molecule has 0 aromatic heterocycles. The number of methoxy groups -OCH3 is 1. The molecule has 1 heterocycles. The van der Waals surface area contributed by atoms with Crippen LogP contribution in [0.25, 0.3) is 0 Å². The second-order valence-electron chi connectivity index (χ2n) is 2.48. The van der Waals surface area contributed by atoms with Crippen LogP contribution in [0.2, 0.25) is 5.28 Å². The van der Waals surface area contributed by atoms with Gasteiger partial charge in [0.2, 0.25) is 0 Å². The van der Waals surface area contributed by atoms with E-state index in [4.69, 9.17) is 3.79 Å². The number of rotatable bonds is 2. The van der Waals surface area contributed by atoms with Crippen LogP contribution in [0.3, 0.4) is 0 Å². The van der Waals surface area contributed by atoms with Crippen LogP contribution >= 0.6 is 0 Å². The fourth-order valence-electron chi connectivity index (χ4n) is 0.805. The molecule has 0 amide bonds. The zero-order valence-corrected chi connectivity index (χ0v) is 8.79. The van der Waals surface area contributed by atoms with Crippen LogP contribution in [0.5, 0.6) is 0 Å². The minimum Gasteiger partial charge on any atom is -0.548 e. The Labute approximate surface area is 78.9 Å². The number of aliphatic carboxylic acids is 1. The molecule has 70 valence electrons. The van der Waals surface area contributed by atoms with Gasteiger partial charge >= 0.3 is 15.6 Å². The van der Waals surface area contributed by atoms with E-state index in [1.165, 1.54) is 25.2 Å². The Bertz CT molecular complexity index is 102. The molecule has 0 saturated carbocycles. The molecule has 4 nitrogen and oxygen atoms in total. The third kappa shape index (κ3) is 9.92. The Hall–Kier alpha value is -0.0775. The summed E-state index contributed by atoms with van der Waals surface area (Å²) in [5.41, 5.74) is 0. The molecular formula is C7H14AlO4-. The van der Waals surface area contributed by atoms with Crippen molar-refractivity contribution in [1.82, 2.24) is 0 Å². The molecule has 0 bridgehead atoms. The fraction of sp³-hybridized carbons (Fsp3) is 0.857. The van der Waals surface area contributed by atoms with Crippen molar-refractivity contribution < 1.29 is 18.4 Å². The quantitative estimate of drug-likeness (QED) is 0.520. The van der Waals surface area contributed by atoms with E-state index < -0.39 is 5.97 Å². The van der Waals surface area contributed by atoms with Gasteiger partial charge in [0.1, 0.15) is 0 Å². The first-order valence-electron chi connectivity index (χ1n) is 4.04. The summed E-state index contributed by atoms with van der Waals surface area (Å²) in [6.07, 6.45) is 2.75. The molecule has 0 aromatic rings. The highest BCUT2D eigenvalue weighted by atomic mass is 27.1. The zero-order valence-electron chi connectivity index (χ0n) is 7.38. The van der Waals surface area contributed by atoms with Crippen molar-refractivity contribution in [3.8, 4) is 0 Å². The lowest BCUT2D eigenvalue weighted by Crippen LogP contribution is -2.26. The largest absolute Gasteiger partial charge is 0.548 e. The molecule has 1 fully saturated rings. The number of carboxylic acids is 1. The summed E-state index contributed by atoms with van der Waals surface area (Å²) in [7, 11) is 1.30. The first-order valence-corrected chi connectivity index (χ1v) is 5.61. The fourth-order valence-corrected chi connectivity index (χ4v) is 1.97. The van der Waals surface area contributed by atoms with E-state index in [-0.39, 0.29) is 22.2 Å². The van der Waals surface area contributed by atoms with E-state index in [0.29, 0.717) is 0 Å². The van der Waals surface area contributed by atoms with Crippen molar-refractivity contribution >= 4 is 21.5 Å². The van der Waals surface area contributed by atoms with Crippen LogP contribution in [0.4, 0.5) is 0 Å². The molecule has 0 radical (unpaired) electrons. The highest BCUT2D eigenvalue weighted by Gasteiger charge is 2.00. The maximum absolute atomic E-state index is 9.36. The molecule has 0 spiro atoms. The minimum absolute atomic E-state index is 0.00849. The van der Waals surface area contributed by atoms with Crippen LogP contribution in [-0.4, -0.2) is 41.8 Å². The summed E-state index contributed by atoms with van der Waals surface area (Å²) in [5.74, 6) is -1.18. The number of hydrogen-bond acceptors (Lipinski definition) is 4. The predicted octanol–water partition coefficient (Wildman–Crippen LogP) is -1.05. The highest BCUT2D eigenvalue weighted by molar-refractivity contribution is 6.27. The molecule has 12 heavy (non-hydrogen) atoms. The maximum atomic E-state index is 9.36. The SMILES string of the molecule is C1C[CH2][AlH][O]C1.COCC(=O)[O-]. The number of carboxylic acid groups (broad SMARTS) is 1. The van der Waals surface area contributed by atoms with Gasteiger partial charge in [0.05, 0.1) is 12.6 Å². The lowest BCUT2D eigenvalue weighted by molar-refractivity contribution is -0.309. The van der Waals surface area contributed by atoms with Crippen molar-refractivity contribution in [1.29, 1.82) is 0 Å². The number of carbonyl (C=O) groups excluding carboxylic acids is 1. The van der Waals surface area contributed by atoms with Crippen molar-refractivity contribution in [2.24, 2.45) is 0 Å². The molecule has 0 atom stereocenters. The van der Waals surface area contributed by atoms with Crippen LogP contribution in [-0.2, 0) is 13.3 Å². The molecule has 0 unspecified atom stereocenters. The third-order valence-corrected chi connectivity index (χ3v) is 2.71. The van der Waals surface area contributed by atoms with E-state index in [2.05, 4.69) is 4.74 Å². The van der Waals surface area contributed by atoms with Gasteiger partial charge in [-0.3, -0.25) is 0 Å². The van der Waals surface area contributed by atoms with Crippen LogP contribution in [0.15, 0.2) is 0 Å². The van der Waals surface area contributed by atoms with E-state index in [9.17, 15) is 9.90 Å². The van der Waals surface area contributed by atoms with Gasteiger partial charge in [-0.05, 0) is 6.42 Å². The molecule has 0 aromatic carbocycles. The second-order valence-corrected chi connectivity index (χ2v) is 4.00. The van der Waals surface area contributed by atoms with E-state index in [1.807, 2.05) is 0 Å². The van der Waals surface area contributed by atoms with Gasteiger partial charge in [-0.15, -0.1) is 0 Å². The van der Waals surface area contributed by atoms with Gasteiger partial charge in [-0.2, -0.15) is 0 Å². The molecule has 0 aliphatic carbocycles. The number of ether oxygens (including phenoxy) is 1. The summed E-state index contributed by atoms with van der Waals surface area (Å²) in [6.45, 7) is 0.742. The lowest BCUT2D eigenvalue weighted by atomic mass is 10.4. The van der Waals surface area contributed by atoms with Crippen LogP contribution in [0, 0.1) is 0 Å². The predicted molar refractivity (Wildman–Crippen MR) is 44.0 cm³/mol. The second kappa shape index (κ2) is 9.01. The maximum Gasteiger partial charge on any atom is 0.435 e. The summed E-state index contributed by atoms with van der Waals surface area (Å²) in [5, 5.41) is 10.8. The molecule has 1 rings (SSSR count). The molecule has 1 aliphatic heterocycles. The number of carbonyl (C=O) groups is 1. The van der Waals surface area contributed by atoms with Gasteiger partial charge in [-0.1, -0.05) is 11.7 Å². The Morgan fingerprint density at radius 3 is 2.50 bits per heavy atom. The smallest absolute Gasteiger partial charge is 0.435 e. The van der Waals surface area contributed by atoms with Crippen LogP contribution < -0.4 is 5.11 Å². The average molecular weight is 189 g/mol. The monoisotopic (exact) mass is 189 g/mol. The normalized spacial score (nSPS) is 15.4. The van der Waals surface area contributed by atoms with Crippen molar-refractivity contribution in [2.75, 3.05) is 20.3 Å². The van der Waals surface area contributed by atoms with Crippen LogP contribution in [0.1, 0.15) is 12.8 Å². The van der Waals surface area contributed by atoms with Crippen molar-refractivity contribution in [3.63, 3.8) is 0 Å². The first-order chi connectivity index (χ1) is 5.77. The van der Waals surface area contributed by atoms with Gasteiger partial charge in [0, 0.05) is 13.7 Å². The average Bonchev–Trinajstić information content (AvgIpc) is 2.08. The van der Waals surface area contributed by atoms with Gasteiger partial charge in [0.15, 0.2) is 0 Å². The zero-order chi connectivity index (χ0) is 9.23. The van der Waals surface area contributed by atoms with Crippen molar-refractivity contribution in [2.45, 2.75) is 18.1 Å². The highest BCUT2D eigenvalue weighted by Crippen LogP contribution is 2.01. The Balaban J connectivity index is 0.000000202. The van der Waals surface area contributed by atoms with Gasteiger partial charge in [0.25, 0.3) is 0 Å². The standard InChI is InChI=1S/C4H8O.C3H6O3.Al.H/c1-2-3-4-5;1-6-2-3(4)5;;/h1-4H2;2H2,1H3,(H,4,5);;/q-1;;+1;/p-1. The Kier molecular flexibility index (Phi) is 8.96. The molecule has 0 N–H and O–H groups in total. The van der Waals surface area contributed by atoms with Gasteiger partial charge < -0.3 is 18.4 Å². The lowest BCUT2D eigenvalue weighted by Gasteiger charge is -2.06. The number of hydrogen-bond donors (Lipinski definition) is 0. The summed E-state index contributed by atoms with van der Waals surface area (Å²) < 4.78 is 9.35. The molecule has 1 saturated heterocycles. The summed E-state index contributed by atoms with van der Waals surface area (Å²) >= 11 is 0.00849. The molecule has 5 heteroatoms. The van der Waals surface area contributed by atoms with Crippen molar-refractivity contribution in [3.05, 3.63) is 0 Å². The Morgan fingerprint density at radius 1 is 1.67 bits per heavy atom. The molecule has 1 aliphatic rings. The first kappa shape index (κ1) is 11.9. The van der Waals surface area contributed by atoms with Gasteiger partial charge in [-0.25, -0.2) is 0 Å². The Morgan fingerprint density at radius 2 is 2.42 bits per heavy atom. The van der Waals surface area contributed by atoms with E-state index in [0.717, 1.165) is 6.61 Å². The topological polar surface area (TPSA) is 58.6 Å². The van der Waals surface area contributed by atoms with E-state index in [1.54, 1.807) is 0 Å². The minimum atomic E-state index is -1.18. The molecular weight excluding hydrogens is 175 g/mol. The summed E-state index contributed by atoms with van der Waals surface area (Å²) in [6, 6.07) is 0. The van der Waals surface area contributed by atoms with E-state index >= 15 is 0 Å². The third-order valence-electron chi connectivity index (χ3n) is 1.34.